The smallest absolute Gasteiger partial charge is 0.412 e. The summed E-state index contributed by atoms with van der Waals surface area (Å²) in [4.78, 5) is 37.3. The summed E-state index contributed by atoms with van der Waals surface area (Å²) in [6.45, 7) is 3.33. The molecular weight excluding hydrogens is 435 g/mol. The molecule has 134 valence electrons. The second-order valence-corrected chi connectivity index (χ2v) is 4.78. The van der Waals surface area contributed by atoms with E-state index in [9.17, 15) is 19.7 Å². The van der Waals surface area contributed by atoms with Crippen molar-refractivity contribution in [2.45, 2.75) is 26.6 Å². The molecule has 1 rings (SSSR count). The average Bonchev–Trinajstić information content (AvgIpc) is 2.49. The van der Waals surface area contributed by atoms with Gasteiger partial charge in [0, 0.05) is 18.7 Å². The zero-order valence-corrected chi connectivity index (χ0v) is 15.4. The fourth-order valence-corrected chi connectivity index (χ4v) is 1.53. The fraction of sp³-hybridized carbons (Fsp3) is 0.462. The Morgan fingerprint density at radius 1 is 1.42 bits per heavy atom. The van der Waals surface area contributed by atoms with Crippen LogP contribution in [0.2, 0.25) is 0 Å². The van der Waals surface area contributed by atoms with Crippen LogP contribution in [-0.4, -0.2) is 36.3 Å². The van der Waals surface area contributed by atoms with Crippen molar-refractivity contribution in [1.82, 2.24) is 10.6 Å². The molecule has 0 saturated carbocycles. The van der Waals surface area contributed by atoms with Crippen LogP contribution in [0.5, 0.6) is 0 Å². The van der Waals surface area contributed by atoms with Crippen molar-refractivity contribution in [3.63, 3.8) is 0 Å². The van der Waals surface area contributed by atoms with Crippen LogP contribution in [0, 0.1) is 10.1 Å². The van der Waals surface area contributed by atoms with Gasteiger partial charge in [-0.3, -0.25) is 4.79 Å². The van der Waals surface area contributed by atoms with Crippen molar-refractivity contribution in [3.05, 3.63) is 40.2 Å². The molecular formula is C13H19IN4O6. The molecule has 1 aromatic heterocycles. The number of nitrogens with zero attached hydrogens (tertiary/aromatic N) is 2. The van der Waals surface area contributed by atoms with Gasteiger partial charge in [-0.15, -0.1) is 10.1 Å². The lowest BCUT2D eigenvalue weighted by Gasteiger charge is -2.07. The molecule has 0 aliphatic rings. The highest BCUT2D eigenvalue weighted by atomic mass is 127. The standard InChI is InChI=1S/C13H18N4O6.HI/c1-10(2)15-13(19)22-9-16-6-3-4-11(8-16)12(18)14-5-7-23-17(20)21;/h3-4,6,8,10H,5,7,9H2,1-2H3,(H-,14,15,18,19);1H. The normalized spacial score (nSPS) is 9.62. The highest BCUT2D eigenvalue weighted by Crippen LogP contribution is 1.94. The molecule has 0 spiro atoms. The van der Waals surface area contributed by atoms with Gasteiger partial charge < -0.3 is 44.2 Å². The van der Waals surface area contributed by atoms with E-state index >= 15 is 0 Å². The van der Waals surface area contributed by atoms with Crippen LogP contribution in [0.15, 0.2) is 24.5 Å². The molecule has 0 aliphatic heterocycles. The second kappa shape index (κ2) is 11.4. The van der Waals surface area contributed by atoms with E-state index in [0.717, 1.165) is 0 Å². The summed E-state index contributed by atoms with van der Waals surface area (Å²) in [7, 11) is 0. The Bertz CT molecular complexity index is 569. The van der Waals surface area contributed by atoms with Gasteiger partial charge in [-0.1, -0.05) is 0 Å². The van der Waals surface area contributed by atoms with Crippen LogP contribution in [0.4, 0.5) is 4.79 Å². The molecule has 0 atom stereocenters. The first kappa shape index (κ1) is 21.8. The Hall–Kier alpha value is -2.18. The summed E-state index contributed by atoms with van der Waals surface area (Å²) in [5.41, 5.74) is 0.321. The number of halogens is 1. The van der Waals surface area contributed by atoms with Crippen LogP contribution in [0.1, 0.15) is 24.2 Å². The highest BCUT2D eigenvalue weighted by Gasteiger charge is 2.12. The van der Waals surface area contributed by atoms with Gasteiger partial charge in [0.25, 0.3) is 17.7 Å². The monoisotopic (exact) mass is 454 g/mol. The molecule has 1 heterocycles. The largest absolute Gasteiger partial charge is 1.00 e. The molecule has 11 heteroatoms. The quantitative estimate of drug-likeness (QED) is 0.142. The SMILES string of the molecule is CC(C)NC(=O)OC[n+]1cccc(C(=O)NCCO[N+](=O)[O-])c1.[I-]. The van der Waals surface area contributed by atoms with E-state index in [1.807, 2.05) is 13.8 Å². The average molecular weight is 454 g/mol. The summed E-state index contributed by atoms with van der Waals surface area (Å²) in [5, 5.41) is 14.1. The van der Waals surface area contributed by atoms with Crippen LogP contribution in [0.3, 0.4) is 0 Å². The number of carbonyl (C=O) groups excluding carboxylic acids is 2. The molecule has 2 N–H and O–H groups in total. The van der Waals surface area contributed by atoms with Crippen LogP contribution in [0.25, 0.3) is 0 Å². The van der Waals surface area contributed by atoms with E-state index in [0.29, 0.717) is 5.56 Å². The lowest BCUT2D eigenvalue weighted by atomic mass is 10.2. The maximum absolute atomic E-state index is 11.9. The summed E-state index contributed by atoms with van der Waals surface area (Å²) >= 11 is 0. The number of hydrogen-bond donors (Lipinski definition) is 2. The second-order valence-electron chi connectivity index (χ2n) is 4.78. The Labute approximate surface area is 155 Å². The third-order valence-corrected chi connectivity index (χ3v) is 2.46. The van der Waals surface area contributed by atoms with E-state index < -0.39 is 17.1 Å². The van der Waals surface area contributed by atoms with Gasteiger partial charge >= 0.3 is 6.09 Å². The predicted molar refractivity (Wildman–Crippen MR) is 76.7 cm³/mol. The molecule has 0 bridgehead atoms. The van der Waals surface area contributed by atoms with Crippen molar-refractivity contribution in [2.24, 2.45) is 0 Å². The summed E-state index contributed by atoms with van der Waals surface area (Å²) < 4.78 is 6.50. The minimum absolute atomic E-state index is 0. The number of aromatic nitrogens is 1. The number of carbonyl (C=O) groups is 2. The Morgan fingerprint density at radius 2 is 2.12 bits per heavy atom. The summed E-state index contributed by atoms with van der Waals surface area (Å²) in [5.74, 6) is -0.419. The van der Waals surface area contributed by atoms with Crippen molar-refractivity contribution in [1.29, 1.82) is 0 Å². The lowest BCUT2D eigenvalue weighted by molar-refractivity contribution is -0.757. The van der Waals surface area contributed by atoms with Crippen LogP contribution >= 0.6 is 0 Å². The number of nitrogens with one attached hydrogen (secondary N) is 2. The van der Waals surface area contributed by atoms with E-state index in [1.54, 1.807) is 18.3 Å². The maximum atomic E-state index is 11.9. The maximum Gasteiger partial charge on any atom is 0.412 e. The Kier molecular flexibility index (Phi) is 10.3. The van der Waals surface area contributed by atoms with Gasteiger partial charge in [0.15, 0.2) is 12.4 Å². The molecule has 2 amide bonds. The Balaban J connectivity index is 0.00000529. The minimum Gasteiger partial charge on any atom is -1.00 e. The van der Waals surface area contributed by atoms with E-state index in [2.05, 4.69) is 15.5 Å². The number of ether oxygens (including phenoxy) is 1. The molecule has 0 aromatic carbocycles. The van der Waals surface area contributed by atoms with E-state index in [-0.39, 0.29) is 49.9 Å². The van der Waals surface area contributed by atoms with Gasteiger partial charge in [0.05, 0.1) is 0 Å². The lowest BCUT2D eigenvalue weighted by Crippen LogP contribution is -3.00. The molecule has 0 aliphatic carbocycles. The predicted octanol–water partition coefficient (Wildman–Crippen LogP) is -2.99. The number of rotatable bonds is 8. The third-order valence-electron chi connectivity index (χ3n) is 2.46. The van der Waals surface area contributed by atoms with Crippen molar-refractivity contribution in [2.75, 3.05) is 13.2 Å². The minimum atomic E-state index is -0.928. The van der Waals surface area contributed by atoms with E-state index in [4.69, 9.17) is 4.74 Å². The molecule has 0 saturated heterocycles. The summed E-state index contributed by atoms with van der Waals surface area (Å²) in [6, 6.07) is 3.14. The van der Waals surface area contributed by atoms with Gasteiger partial charge in [-0.2, -0.15) is 4.57 Å². The molecule has 24 heavy (non-hydrogen) atoms. The molecule has 0 fully saturated rings. The van der Waals surface area contributed by atoms with Gasteiger partial charge in [-0.05, 0) is 19.9 Å². The first-order chi connectivity index (χ1) is 10.9. The zero-order chi connectivity index (χ0) is 17.2. The third kappa shape index (κ3) is 9.07. The molecule has 0 unspecified atom stereocenters. The number of hydrogen-bond acceptors (Lipinski definition) is 6. The van der Waals surface area contributed by atoms with Crippen molar-refractivity contribution in [3.8, 4) is 0 Å². The number of pyridine rings is 1. The first-order valence-electron chi connectivity index (χ1n) is 6.86. The number of alkyl carbamates (subject to hydrolysis) is 1. The van der Waals surface area contributed by atoms with Crippen molar-refractivity contribution >= 4 is 12.0 Å². The zero-order valence-electron chi connectivity index (χ0n) is 13.2. The van der Waals surface area contributed by atoms with Gasteiger partial charge in [0.1, 0.15) is 12.2 Å². The molecule has 1 aromatic rings. The summed E-state index contributed by atoms with van der Waals surface area (Å²) in [6.07, 6.45) is 2.57. The molecule has 10 nitrogen and oxygen atoms in total. The van der Waals surface area contributed by atoms with Crippen LogP contribution < -0.4 is 39.2 Å². The van der Waals surface area contributed by atoms with Crippen LogP contribution in [-0.2, 0) is 16.3 Å². The Morgan fingerprint density at radius 3 is 2.75 bits per heavy atom. The fourth-order valence-electron chi connectivity index (χ4n) is 1.53. The first-order valence-corrected chi connectivity index (χ1v) is 6.86. The van der Waals surface area contributed by atoms with E-state index in [1.165, 1.54) is 10.8 Å². The van der Waals surface area contributed by atoms with Gasteiger partial charge in [0.2, 0.25) is 0 Å². The van der Waals surface area contributed by atoms with Crippen molar-refractivity contribution < 1.29 is 52.8 Å². The number of amides is 2. The molecule has 0 radical (unpaired) electrons. The highest BCUT2D eigenvalue weighted by molar-refractivity contribution is 5.93. The van der Waals surface area contributed by atoms with Gasteiger partial charge in [-0.25, -0.2) is 4.79 Å². The topological polar surface area (TPSA) is 124 Å².